The first-order valence-electron chi connectivity index (χ1n) is 3.04. The van der Waals surface area contributed by atoms with Crippen molar-refractivity contribution in [2.45, 2.75) is 12.8 Å². The van der Waals surface area contributed by atoms with E-state index in [2.05, 4.69) is 0 Å². The summed E-state index contributed by atoms with van der Waals surface area (Å²) in [6.45, 7) is 1.13. The molecule has 0 aromatic carbocycles. The van der Waals surface area contributed by atoms with Gasteiger partial charge in [-0.15, -0.1) is 0 Å². The topological polar surface area (TPSA) is 60.7 Å². The Labute approximate surface area is 54.9 Å². The van der Waals surface area contributed by atoms with Gasteiger partial charge in [0.1, 0.15) is 0 Å². The van der Waals surface area contributed by atoms with E-state index in [1.54, 1.807) is 0 Å². The quantitative estimate of drug-likeness (QED) is 0.491. The lowest BCUT2D eigenvalue weighted by Crippen LogP contribution is -2.05. The summed E-state index contributed by atoms with van der Waals surface area (Å²) in [6, 6.07) is 0. The highest BCUT2D eigenvalue weighted by Crippen LogP contribution is 2.08. The first-order chi connectivity index (χ1) is 4.35. The van der Waals surface area contributed by atoms with Gasteiger partial charge in [0.25, 0.3) is 0 Å². The molecule has 0 amide bonds. The lowest BCUT2D eigenvalue weighted by Gasteiger charge is -2.08. The van der Waals surface area contributed by atoms with Gasteiger partial charge in [-0.2, -0.15) is 0 Å². The second kappa shape index (κ2) is 6.01. The molecule has 0 saturated carbocycles. The van der Waals surface area contributed by atoms with Gasteiger partial charge in [-0.25, -0.2) is 0 Å². The molecule has 9 heavy (non-hydrogen) atoms. The monoisotopic (exact) mass is 133 g/mol. The summed E-state index contributed by atoms with van der Waals surface area (Å²) in [6.07, 6.45) is 1.05. The van der Waals surface area contributed by atoms with Crippen molar-refractivity contribution in [2.24, 2.45) is 5.92 Å². The maximum Gasteiger partial charge on any atom is 0.0831 e. The summed E-state index contributed by atoms with van der Waals surface area (Å²) in [4.78, 5) is 0. The molecule has 0 spiro atoms. The smallest absolute Gasteiger partial charge is 0.0831 e. The SMILES string of the molecule is O[CH]C(CCO)CCO. The van der Waals surface area contributed by atoms with Crippen molar-refractivity contribution in [1.82, 2.24) is 0 Å². The van der Waals surface area contributed by atoms with Crippen LogP contribution < -0.4 is 0 Å². The maximum absolute atomic E-state index is 8.44. The zero-order valence-electron chi connectivity index (χ0n) is 5.32. The van der Waals surface area contributed by atoms with Crippen LogP contribution >= 0.6 is 0 Å². The van der Waals surface area contributed by atoms with Crippen LogP contribution in [0.1, 0.15) is 12.8 Å². The molecular weight excluding hydrogens is 120 g/mol. The summed E-state index contributed by atoms with van der Waals surface area (Å²) in [5.41, 5.74) is 0. The van der Waals surface area contributed by atoms with E-state index < -0.39 is 0 Å². The Bertz CT molecular complexity index is 50.3. The van der Waals surface area contributed by atoms with Crippen LogP contribution in [0.25, 0.3) is 0 Å². The first-order valence-corrected chi connectivity index (χ1v) is 3.04. The van der Waals surface area contributed by atoms with Gasteiger partial charge >= 0.3 is 0 Å². The number of hydrogen-bond donors (Lipinski definition) is 3. The molecular formula is C6H13O3. The fraction of sp³-hybridized carbons (Fsp3) is 0.833. The summed E-state index contributed by atoms with van der Waals surface area (Å²) in [5.74, 6) is -0.0556. The highest BCUT2D eigenvalue weighted by molar-refractivity contribution is 4.64. The van der Waals surface area contributed by atoms with Gasteiger partial charge in [0.15, 0.2) is 0 Å². The van der Waals surface area contributed by atoms with E-state index in [1.165, 1.54) is 0 Å². The molecule has 3 N–H and O–H groups in total. The highest BCUT2D eigenvalue weighted by Gasteiger charge is 2.04. The number of aliphatic hydroxyl groups is 3. The minimum Gasteiger partial charge on any atom is -0.396 e. The third kappa shape index (κ3) is 4.39. The van der Waals surface area contributed by atoms with E-state index in [0.717, 1.165) is 6.61 Å². The van der Waals surface area contributed by atoms with E-state index in [-0.39, 0.29) is 19.1 Å². The molecule has 0 fully saturated rings. The summed E-state index contributed by atoms with van der Waals surface area (Å²) >= 11 is 0. The van der Waals surface area contributed by atoms with Crippen LogP contribution in [-0.2, 0) is 0 Å². The van der Waals surface area contributed by atoms with Crippen molar-refractivity contribution >= 4 is 0 Å². The number of hydrogen-bond acceptors (Lipinski definition) is 3. The molecule has 0 unspecified atom stereocenters. The van der Waals surface area contributed by atoms with Gasteiger partial charge < -0.3 is 15.3 Å². The maximum atomic E-state index is 8.44. The number of rotatable bonds is 5. The van der Waals surface area contributed by atoms with Crippen LogP contribution in [0, 0.1) is 12.5 Å². The number of aliphatic hydroxyl groups excluding tert-OH is 3. The zero-order valence-corrected chi connectivity index (χ0v) is 5.32. The third-order valence-electron chi connectivity index (χ3n) is 1.21. The second-order valence-corrected chi connectivity index (χ2v) is 1.93. The summed E-state index contributed by atoms with van der Waals surface area (Å²) in [5, 5.41) is 25.2. The molecule has 0 heterocycles. The molecule has 0 atom stereocenters. The standard InChI is InChI=1S/C6H13O3/c7-3-1-6(5-9)2-4-8/h5-9H,1-4H2. The van der Waals surface area contributed by atoms with Crippen molar-refractivity contribution in [3.63, 3.8) is 0 Å². The van der Waals surface area contributed by atoms with Gasteiger partial charge in [-0.1, -0.05) is 0 Å². The second-order valence-electron chi connectivity index (χ2n) is 1.93. The lowest BCUT2D eigenvalue weighted by molar-refractivity contribution is 0.194. The van der Waals surface area contributed by atoms with Crippen LogP contribution in [0.5, 0.6) is 0 Å². The molecule has 3 heteroatoms. The molecule has 0 aliphatic rings. The van der Waals surface area contributed by atoms with Crippen molar-refractivity contribution in [2.75, 3.05) is 13.2 Å². The minimum atomic E-state index is -0.0556. The van der Waals surface area contributed by atoms with Crippen LogP contribution in [-0.4, -0.2) is 28.5 Å². The van der Waals surface area contributed by atoms with E-state index in [4.69, 9.17) is 15.3 Å². The van der Waals surface area contributed by atoms with E-state index in [0.29, 0.717) is 12.8 Å². The van der Waals surface area contributed by atoms with Gasteiger partial charge in [-0.3, -0.25) is 0 Å². The Morgan fingerprint density at radius 2 is 1.56 bits per heavy atom. The van der Waals surface area contributed by atoms with Crippen LogP contribution in [0.3, 0.4) is 0 Å². The van der Waals surface area contributed by atoms with Crippen LogP contribution in [0.15, 0.2) is 0 Å². The molecule has 0 aromatic heterocycles. The first kappa shape index (κ1) is 8.88. The molecule has 3 nitrogen and oxygen atoms in total. The fourth-order valence-corrected chi connectivity index (χ4v) is 0.625. The Morgan fingerprint density at radius 3 is 1.78 bits per heavy atom. The zero-order chi connectivity index (χ0) is 7.11. The molecule has 0 rings (SSSR count). The predicted octanol–water partition coefficient (Wildman–Crippen LogP) is -0.0983. The van der Waals surface area contributed by atoms with Crippen molar-refractivity contribution in [3.05, 3.63) is 6.61 Å². The van der Waals surface area contributed by atoms with E-state index in [9.17, 15) is 0 Å². The summed E-state index contributed by atoms with van der Waals surface area (Å²) in [7, 11) is 0. The Balaban J connectivity index is 3.18. The van der Waals surface area contributed by atoms with Crippen LogP contribution in [0.4, 0.5) is 0 Å². The molecule has 0 aliphatic carbocycles. The third-order valence-corrected chi connectivity index (χ3v) is 1.21. The Kier molecular flexibility index (Phi) is 5.93. The average Bonchev–Trinajstić information content (AvgIpc) is 1.88. The van der Waals surface area contributed by atoms with E-state index >= 15 is 0 Å². The molecule has 0 saturated heterocycles. The largest absolute Gasteiger partial charge is 0.396 e. The van der Waals surface area contributed by atoms with Crippen LogP contribution in [0.2, 0.25) is 0 Å². The van der Waals surface area contributed by atoms with Gasteiger partial charge in [0.05, 0.1) is 6.61 Å². The molecule has 1 radical (unpaired) electrons. The Hall–Kier alpha value is -0.120. The predicted molar refractivity (Wildman–Crippen MR) is 33.1 cm³/mol. The molecule has 0 bridgehead atoms. The average molecular weight is 133 g/mol. The van der Waals surface area contributed by atoms with E-state index in [1.807, 2.05) is 0 Å². The normalized spacial score (nSPS) is 10.7. The van der Waals surface area contributed by atoms with Gasteiger partial charge in [-0.05, 0) is 18.8 Å². The molecule has 0 aliphatic heterocycles. The van der Waals surface area contributed by atoms with Crippen molar-refractivity contribution in [3.8, 4) is 0 Å². The molecule has 55 valence electrons. The van der Waals surface area contributed by atoms with Crippen molar-refractivity contribution in [1.29, 1.82) is 0 Å². The summed E-state index contributed by atoms with van der Waals surface area (Å²) < 4.78 is 0. The van der Waals surface area contributed by atoms with Crippen molar-refractivity contribution < 1.29 is 15.3 Å². The minimum absolute atomic E-state index is 0.0556. The fourth-order valence-electron chi connectivity index (χ4n) is 0.625. The van der Waals surface area contributed by atoms with Gasteiger partial charge in [0.2, 0.25) is 0 Å². The highest BCUT2D eigenvalue weighted by atomic mass is 16.3. The molecule has 0 aromatic rings. The lowest BCUT2D eigenvalue weighted by atomic mass is 10.0. The Morgan fingerprint density at radius 1 is 1.11 bits per heavy atom. The van der Waals surface area contributed by atoms with Gasteiger partial charge in [0, 0.05) is 13.2 Å².